The summed E-state index contributed by atoms with van der Waals surface area (Å²) in [6, 6.07) is -2.48. The lowest BCUT2D eigenvalue weighted by Crippen LogP contribution is -2.64. The fourth-order valence-electron chi connectivity index (χ4n) is 4.79. The summed E-state index contributed by atoms with van der Waals surface area (Å²) in [6.07, 6.45) is -5.95. The molecule has 2 heterocycles. The second-order valence-corrected chi connectivity index (χ2v) is 10.1. The maximum Gasteiger partial charge on any atom is 0.186 e. The van der Waals surface area contributed by atoms with Gasteiger partial charge in [0.05, 0.1) is 36.9 Å². The Labute approximate surface area is 211 Å². The number of hydrogen-bond donors (Lipinski definition) is 10. The average molecular weight is 521 g/mol. The number of nitrogens with two attached hydrogens (primary N) is 4. The van der Waals surface area contributed by atoms with Gasteiger partial charge in [-0.1, -0.05) is 0 Å². The van der Waals surface area contributed by atoms with E-state index in [-0.39, 0.29) is 11.9 Å². The Hall–Kier alpha value is -1.01. The highest BCUT2D eigenvalue weighted by atomic mass is 16.7. The molecule has 13 atom stereocenters. The summed E-state index contributed by atoms with van der Waals surface area (Å²) in [7, 11) is 0. The summed E-state index contributed by atoms with van der Waals surface area (Å²) in [5.74, 6) is 0.206. The van der Waals surface area contributed by atoms with Crippen LogP contribution in [0.5, 0.6) is 0 Å². The topological polar surface area (TPSA) is 258 Å². The number of nitrogens with one attached hydrogen (secondary N) is 2. The fourth-order valence-corrected chi connectivity index (χ4v) is 4.79. The second kappa shape index (κ2) is 13.2. The van der Waals surface area contributed by atoms with E-state index in [1.807, 2.05) is 0 Å². The normalized spacial score (nSPS) is 45.0. The maximum atomic E-state index is 11.1. The molecule has 3 fully saturated rings. The minimum atomic E-state index is -1.37. The SMILES string of the molecule is CC(N)C(=N)NC[C@@H]1CCCC(N)[C@@H](OC2C(O)C(O[C@H]3OC(CO)C(O)[C@H](N)C3O)CC[C@@H]2N)O1. The van der Waals surface area contributed by atoms with Gasteiger partial charge in [-0.25, -0.2) is 0 Å². The molecule has 14 heteroatoms. The Morgan fingerprint density at radius 3 is 2.36 bits per heavy atom. The van der Waals surface area contributed by atoms with E-state index in [1.165, 1.54) is 0 Å². The molecule has 36 heavy (non-hydrogen) atoms. The smallest absolute Gasteiger partial charge is 0.186 e. The van der Waals surface area contributed by atoms with E-state index in [0.717, 1.165) is 6.42 Å². The van der Waals surface area contributed by atoms with E-state index in [9.17, 15) is 20.4 Å². The van der Waals surface area contributed by atoms with Crippen molar-refractivity contribution in [3.8, 4) is 0 Å². The molecule has 14 N–H and O–H groups in total. The van der Waals surface area contributed by atoms with E-state index in [0.29, 0.717) is 32.2 Å². The number of ether oxygens (including phenoxy) is 4. The highest BCUT2D eigenvalue weighted by Crippen LogP contribution is 2.30. The van der Waals surface area contributed by atoms with Crippen LogP contribution in [0, 0.1) is 5.41 Å². The molecule has 0 spiro atoms. The van der Waals surface area contributed by atoms with Crippen molar-refractivity contribution in [1.29, 1.82) is 5.41 Å². The van der Waals surface area contributed by atoms with Crippen molar-refractivity contribution < 1.29 is 39.4 Å². The summed E-state index contributed by atoms with van der Waals surface area (Å²) in [4.78, 5) is 0. The Morgan fingerprint density at radius 1 is 0.972 bits per heavy atom. The summed E-state index contributed by atoms with van der Waals surface area (Å²) >= 11 is 0. The minimum absolute atomic E-state index is 0.206. The summed E-state index contributed by atoms with van der Waals surface area (Å²) in [5.41, 5.74) is 24.2. The number of rotatable bonds is 8. The standard InChI is InChI=1S/C22H44N6O8/c1-9(23)20(27)28-7-10-3-2-4-12(25)21(33-10)36-19-11(24)5-6-13(17(19)31)34-22-18(32)15(26)16(30)14(8-29)35-22/h9-19,21-22,29-32H,2-8,23-26H2,1H3,(H2,27,28)/t9?,10-,11-,12?,13?,14?,15-,16?,17?,18?,19?,21+,22-/m0/s1. The summed E-state index contributed by atoms with van der Waals surface area (Å²) in [5, 5.41) is 51.9. The zero-order valence-corrected chi connectivity index (χ0v) is 20.7. The lowest BCUT2D eigenvalue weighted by atomic mass is 9.87. The van der Waals surface area contributed by atoms with Crippen LogP contribution in [-0.2, 0) is 18.9 Å². The minimum Gasteiger partial charge on any atom is -0.394 e. The molecule has 3 rings (SSSR count). The van der Waals surface area contributed by atoms with Crippen LogP contribution in [0.25, 0.3) is 0 Å². The van der Waals surface area contributed by atoms with Crippen molar-refractivity contribution in [2.24, 2.45) is 22.9 Å². The molecule has 0 radical (unpaired) electrons. The van der Waals surface area contributed by atoms with Crippen LogP contribution in [0.1, 0.15) is 39.0 Å². The zero-order chi connectivity index (χ0) is 26.6. The molecule has 14 nitrogen and oxygen atoms in total. The molecular weight excluding hydrogens is 476 g/mol. The predicted molar refractivity (Wildman–Crippen MR) is 129 cm³/mol. The number of amidine groups is 1. The molecule has 1 aliphatic carbocycles. The van der Waals surface area contributed by atoms with Crippen LogP contribution in [0.3, 0.4) is 0 Å². The molecule has 3 aliphatic rings. The largest absolute Gasteiger partial charge is 0.394 e. The fraction of sp³-hybridized carbons (Fsp3) is 0.955. The van der Waals surface area contributed by atoms with Crippen molar-refractivity contribution in [2.45, 2.75) is 119 Å². The van der Waals surface area contributed by atoms with Gasteiger partial charge < -0.3 is 67.6 Å². The molecule has 0 aromatic carbocycles. The van der Waals surface area contributed by atoms with Crippen LogP contribution in [0.2, 0.25) is 0 Å². The summed E-state index contributed by atoms with van der Waals surface area (Å²) in [6.45, 7) is 1.57. The molecule has 0 amide bonds. The van der Waals surface area contributed by atoms with Gasteiger partial charge in [-0.15, -0.1) is 0 Å². The molecule has 8 unspecified atom stereocenters. The first-order valence-corrected chi connectivity index (χ1v) is 12.6. The van der Waals surface area contributed by atoms with Crippen LogP contribution in [-0.4, -0.2) is 119 Å². The first-order valence-electron chi connectivity index (χ1n) is 12.6. The van der Waals surface area contributed by atoms with Crippen molar-refractivity contribution in [1.82, 2.24) is 5.32 Å². The van der Waals surface area contributed by atoms with Crippen LogP contribution in [0.4, 0.5) is 0 Å². The maximum absolute atomic E-state index is 11.1. The molecule has 0 aromatic heterocycles. The third-order valence-corrected chi connectivity index (χ3v) is 7.18. The van der Waals surface area contributed by atoms with E-state index >= 15 is 0 Å². The van der Waals surface area contributed by atoms with E-state index in [1.54, 1.807) is 6.92 Å². The van der Waals surface area contributed by atoms with Gasteiger partial charge in [0.1, 0.15) is 36.4 Å². The van der Waals surface area contributed by atoms with Gasteiger partial charge in [-0.2, -0.15) is 0 Å². The van der Waals surface area contributed by atoms with Crippen LogP contribution >= 0.6 is 0 Å². The van der Waals surface area contributed by atoms with Crippen molar-refractivity contribution in [3.05, 3.63) is 0 Å². The van der Waals surface area contributed by atoms with E-state index < -0.39 is 80.0 Å². The molecule has 0 aromatic rings. The molecular formula is C22H44N6O8. The Bertz CT molecular complexity index is 705. The van der Waals surface area contributed by atoms with E-state index in [2.05, 4.69) is 5.32 Å². The number of aliphatic hydroxyl groups excluding tert-OH is 4. The van der Waals surface area contributed by atoms with Gasteiger partial charge in [-0.05, 0) is 39.0 Å². The van der Waals surface area contributed by atoms with Gasteiger partial charge in [0.15, 0.2) is 12.6 Å². The summed E-state index contributed by atoms with van der Waals surface area (Å²) < 4.78 is 23.6. The van der Waals surface area contributed by atoms with Gasteiger partial charge in [-0.3, -0.25) is 5.41 Å². The lowest BCUT2D eigenvalue weighted by Gasteiger charge is -2.45. The molecule has 2 aliphatic heterocycles. The van der Waals surface area contributed by atoms with E-state index in [4.69, 9.17) is 47.3 Å². The molecule has 2 saturated heterocycles. The van der Waals surface area contributed by atoms with Crippen LogP contribution in [0.15, 0.2) is 0 Å². The predicted octanol–water partition coefficient (Wildman–Crippen LogP) is -3.86. The van der Waals surface area contributed by atoms with Gasteiger partial charge in [0.25, 0.3) is 0 Å². The third kappa shape index (κ3) is 7.09. The first kappa shape index (κ1) is 29.5. The zero-order valence-electron chi connectivity index (χ0n) is 20.7. The molecule has 0 bridgehead atoms. The monoisotopic (exact) mass is 520 g/mol. The number of hydrogen-bond acceptors (Lipinski definition) is 13. The molecule has 210 valence electrons. The highest BCUT2D eigenvalue weighted by molar-refractivity contribution is 5.83. The second-order valence-electron chi connectivity index (χ2n) is 10.1. The molecule has 1 saturated carbocycles. The number of aliphatic hydroxyl groups is 4. The van der Waals surface area contributed by atoms with Crippen molar-refractivity contribution in [2.75, 3.05) is 13.2 Å². The Morgan fingerprint density at radius 2 is 1.69 bits per heavy atom. The lowest BCUT2D eigenvalue weighted by molar-refractivity contribution is -0.309. The highest BCUT2D eigenvalue weighted by Gasteiger charge is 2.47. The average Bonchev–Trinajstić information content (AvgIpc) is 3.02. The first-order chi connectivity index (χ1) is 17.0. The quantitative estimate of drug-likeness (QED) is 0.109. The third-order valence-electron chi connectivity index (χ3n) is 7.18. The van der Waals surface area contributed by atoms with Gasteiger partial charge in [0, 0.05) is 12.6 Å². The van der Waals surface area contributed by atoms with Crippen molar-refractivity contribution >= 4 is 5.84 Å². The Kier molecular flexibility index (Phi) is 10.8. The van der Waals surface area contributed by atoms with Gasteiger partial charge in [0.2, 0.25) is 0 Å². The Balaban J connectivity index is 1.63. The van der Waals surface area contributed by atoms with Crippen molar-refractivity contribution in [3.63, 3.8) is 0 Å². The van der Waals surface area contributed by atoms with Crippen LogP contribution < -0.4 is 28.3 Å². The van der Waals surface area contributed by atoms with Gasteiger partial charge >= 0.3 is 0 Å².